The number of hydrogen-bond acceptors (Lipinski definition) is 3. The van der Waals surface area contributed by atoms with Crippen LogP contribution < -0.4 is 11.1 Å². The van der Waals surface area contributed by atoms with Crippen LogP contribution in [0.3, 0.4) is 0 Å². The predicted octanol–water partition coefficient (Wildman–Crippen LogP) is 2.19. The molecule has 0 aliphatic rings. The summed E-state index contributed by atoms with van der Waals surface area (Å²) in [5.41, 5.74) is 8.55. The van der Waals surface area contributed by atoms with Crippen LogP contribution in [0.5, 0.6) is 0 Å². The number of para-hydroxylation sites is 1. The van der Waals surface area contributed by atoms with Crippen molar-refractivity contribution in [1.82, 2.24) is 9.78 Å². The van der Waals surface area contributed by atoms with Gasteiger partial charge in [-0.1, -0.05) is 18.2 Å². The molecule has 4 heteroatoms. The van der Waals surface area contributed by atoms with Crippen molar-refractivity contribution in [3.63, 3.8) is 0 Å². The lowest BCUT2D eigenvalue weighted by Gasteiger charge is -2.08. The Morgan fingerprint density at radius 3 is 2.62 bits per heavy atom. The number of hydrogen-bond donors (Lipinski definition) is 2. The molecule has 2 rings (SSSR count). The molecule has 1 aromatic carbocycles. The fourth-order valence-corrected chi connectivity index (χ4v) is 1.63. The summed E-state index contributed by atoms with van der Waals surface area (Å²) < 4.78 is 1.84. The molecular formula is C12H16N4. The first-order valence-corrected chi connectivity index (χ1v) is 5.38. The minimum absolute atomic E-state index is 0.714. The Morgan fingerprint density at radius 2 is 2.00 bits per heavy atom. The largest absolute Gasteiger partial charge is 0.394 e. The zero-order chi connectivity index (χ0) is 11.5. The SMILES string of the molecule is CCNc1c(N)c(C)nn1-c1ccccc1. The summed E-state index contributed by atoms with van der Waals surface area (Å²) in [6, 6.07) is 9.96. The molecule has 0 saturated carbocycles. The van der Waals surface area contributed by atoms with Gasteiger partial charge >= 0.3 is 0 Å². The van der Waals surface area contributed by atoms with Crippen molar-refractivity contribution in [2.45, 2.75) is 13.8 Å². The van der Waals surface area contributed by atoms with Gasteiger partial charge in [-0.2, -0.15) is 5.10 Å². The second-order valence-corrected chi connectivity index (χ2v) is 3.63. The standard InChI is InChI=1S/C12H16N4/c1-3-14-12-11(13)9(2)15-16(12)10-7-5-4-6-8-10/h4-8,14H,3,13H2,1-2H3. The Kier molecular flexibility index (Phi) is 2.81. The molecule has 0 aliphatic carbocycles. The lowest BCUT2D eigenvalue weighted by Crippen LogP contribution is -2.06. The molecule has 0 saturated heterocycles. The first kappa shape index (κ1) is 10.5. The summed E-state index contributed by atoms with van der Waals surface area (Å²) in [6.07, 6.45) is 0. The molecule has 0 spiro atoms. The van der Waals surface area contributed by atoms with E-state index in [2.05, 4.69) is 10.4 Å². The number of nitrogens with two attached hydrogens (primary N) is 1. The Morgan fingerprint density at radius 1 is 1.31 bits per heavy atom. The maximum atomic E-state index is 5.98. The minimum Gasteiger partial charge on any atom is -0.394 e. The average molecular weight is 216 g/mol. The third kappa shape index (κ3) is 1.74. The van der Waals surface area contributed by atoms with Crippen molar-refractivity contribution in [3.05, 3.63) is 36.0 Å². The Bertz CT molecular complexity index is 473. The molecule has 4 nitrogen and oxygen atoms in total. The zero-order valence-electron chi connectivity index (χ0n) is 9.57. The van der Waals surface area contributed by atoms with Crippen molar-refractivity contribution >= 4 is 11.5 Å². The van der Waals surface area contributed by atoms with Gasteiger partial charge in [0.05, 0.1) is 17.1 Å². The highest BCUT2D eigenvalue weighted by Gasteiger charge is 2.12. The molecular weight excluding hydrogens is 200 g/mol. The van der Waals surface area contributed by atoms with Gasteiger partial charge in [0, 0.05) is 6.54 Å². The van der Waals surface area contributed by atoms with E-state index in [1.807, 2.05) is 48.9 Å². The van der Waals surface area contributed by atoms with Gasteiger partial charge in [-0.25, -0.2) is 4.68 Å². The quantitative estimate of drug-likeness (QED) is 0.827. The Labute approximate surface area is 95.1 Å². The summed E-state index contributed by atoms with van der Waals surface area (Å²) in [7, 11) is 0. The van der Waals surface area contributed by atoms with Crippen LogP contribution in [0, 0.1) is 6.92 Å². The van der Waals surface area contributed by atoms with E-state index in [9.17, 15) is 0 Å². The third-order valence-electron chi connectivity index (χ3n) is 2.45. The van der Waals surface area contributed by atoms with Crippen LogP contribution in [0.4, 0.5) is 11.5 Å². The molecule has 3 N–H and O–H groups in total. The smallest absolute Gasteiger partial charge is 0.153 e. The van der Waals surface area contributed by atoms with Crippen LogP contribution in [-0.4, -0.2) is 16.3 Å². The van der Waals surface area contributed by atoms with Crippen molar-refractivity contribution in [1.29, 1.82) is 0 Å². The summed E-state index contributed by atoms with van der Waals surface area (Å²) in [6.45, 7) is 4.77. The van der Waals surface area contributed by atoms with Gasteiger partial charge in [-0.15, -0.1) is 0 Å². The van der Waals surface area contributed by atoms with E-state index in [0.29, 0.717) is 5.69 Å². The van der Waals surface area contributed by atoms with Gasteiger partial charge in [-0.3, -0.25) is 0 Å². The Hall–Kier alpha value is -1.97. The lowest BCUT2D eigenvalue weighted by atomic mass is 10.3. The zero-order valence-corrected chi connectivity index (χ0v) is 9.57. The van der Waals surface area contributed by atoms with Gasteiger partial charge in [0.15, 0.2) is 5.82 Å². The number of rotatable bonds is 3. The van der Waals surface area contributed by atoms with Crippen molar-refractivity contribution < 1.29 is 0 Å². The van der Waals surface area contributed by atoms with Crippen LogP contribution in [-0.2, 0) is 0 Å². The van der Waals surface area contributed by atoms with Crippen LogP contribution in [0.25, 0.3) is 5.69 Å². The second kappa shape index (κ2) is 4.26. The highest BCUT2D eigenvalue weighted by Crippen LogP contribution is 2.25. The summed E-state index contributed by atoms with van der Waals surface area (Å²) in [4.78, 5) is 0. The topological polar surface area (TPSA) is 55.9 Å². The minimum atomic E-state index is 0.714. The first-order chi connectivity index (χ1) is 7.74. The molecule has 84 valence electrons. The maximum Gasteiger partial charge on any atom is 0.153 e. The molecule has 0 amide bonds. The molecule has 0 bridgehead atoms. The summed E-state index contributed by atoms with van der Waals surface area (Å²) in [5, 5.41) is 7.67. The highest BCUT2D eigenvalue weighted by atomic mass is 15.3. The van der Waals surface area contributed by atoms with E-state index in [1.165, 1.54) is 0 Å². The molecule has 2 aromatic rings. The summed E-state index contributed by atoms with van der Waals surface area (Å²) >= 11 is 0. The number of nitrogens with one attached hydrogen (secondary N) is 1. The average Bonchev–Trinajstić information content (AvgIpc) is 2.59. The monoisotopic (exact) mass is 216 g/mol. The number of aryl methyl sites for hydroxylation is 1. The van der Waals surface area contributed by atoms with Gasteiger partial charge in [-0.05, 0) is 26.0 Å². The van der Waals surface area contributed by atoms with Crippen LogP contribution in [0.15, 0.2) is 30.3 Å². The van der Waals surface area contributed by atoms with Crippen LogP contribution in [0.2, 0.25) is 0 Å². The molecule has 0 atom stereocenters. The highest BCUT2D eigenvalue weighted by molar-refractivity contribution is 5.67. The van der Waals surface area contributed by atoms with Crippen molar-refractivity contribution in [3.8, 4) is 5.69 Å². The molecule has 0 unspecified atom stereocenters. The van der Waals surface area contributed by atoms with E-state index in [1.54, 1.807) is 0 Å². The fourth-order valence-electron chi connectivity index (χ4n) is 1.63. The Balaban J connectivity index is 2.52. The number of nitrogens with zero attached hydrogens (tertiary/aromatic N) is 2. The van der Waals surface area contributed by atoms with Gasteiger partial charge in [0.2, 0.25) is 0 Å². The van der Waals surface area contributed by atoms with Crippen molar-refractivity contribution in [2.24, 2.45) is 0 Å². The van der Waals surface area contributed by atoms with E-state index in [0.717, 1.165) is 23.7 Å². The lowest BCUT2D eigenvalue weighted by molar-refractivity contribution is 0.862. The molecule has 1 heterocycles. The number of benzene rings is 1. The fraction of sp³-hybridized carbons (Fsp3) is 0.250. The van der Waals surface area contributed by atoms with Crippen molar-refractivity contribution in [2.75, 3.05) is 17.6 Å². The van der Waals surface area contributed by atoms with Gasteiger partial charge in [0.1, 0.15) is 0 Å². The van der Waals surface area contributed by atoms with Crippen LogP contribution in [0.1, 0.15) is 12.6 Å². The number of nitrogen functional groups attached to an aromatic ring is 1. The molecule has 0 fully saturated rings. The van der Waals surface area contributed by atoms with E-state index >= 15 is 0 Å². The molecule has 0 radical (unpaired) electrons. The number of anilines is 2. The van der Waals surface area contributed by atoms with E-state index < -0.39 is 0 Å². The van der Waals surface area contributed by atoms with E-state index in [4.69, 9.17) is 5.73 Å². The first-order valence-electron chi connectivity index (χ1n) is 5.38. The number of aromatic nitrogens is 2. The van der Waals surface area contributed by atoms with Gasteiger partial charge < -0.3 is 11.1 Å². The predicted molar refractivity (Wildman–Crippen MR) is 66.9 cm³/mol. The summed E-state index contributed by atoms with van der Waals surface area (Å²) in [5.74, 6) is 0.867. The molecule has 16 heavy (non-hydrogen) atoms. The van der Waals surface area contributed by atoms with Crippen LogP contribution >= 0.6 is 0 Å². The maximum absolute atomic E-state index is 5.98. The third-order valence-corrected chi connectivity index (χ3v) is 2.45. The van der Waals surface area contributed by atoms with Gasteiger partial charge in [0.25, 0.3) is 0 Å². The normalized spacial score (nSPS) is 10.4. The second-order valence-electron chi connectivity index (χ2n) is 3.63. The molecule has 0 aliphatic heterocycles. The van der Waals surface area contributed by atoms with E-state index in [-0.39, 0.29) is 0 Å². The molecule has 1 aromatic heterocycles.